The molecule has 0 unspecified atom stereocenters. The second kappa shape index (κ2) is 3.56. The summed E-state index contributed by atoms with van der Waals surface area (Å²) < 4.78 is 1.39. The topological polar surface area (TPSA) is 0 Å². The molecule has 0 N–H and O–H groups in total. The molecule has 0 spiro atoms. The molecule has 1 heterocycles. The van der Waals surface area contributed by atoms with Gasteiger partial charge in [-0.3, -0.25) is 0 Å². The minimum atomic E-state index is 1.05. The van der Waals surface area contributed by atoms with Crippen molar-refractivity contribution < 1.29 is 0 Å². The standard InChI is InChI=1S/C10H10S3/c1-6-3-7-4-8(11)5-9(12-2)10(7)13-6/h3-5,11H,1-2H3. The Bertz CT molecular complexity index is 443. The van der Waals surface area contributed by atoms with Gasteiger partial charge in [0.2, 0.25) is 0 Å². The van der Waals surface area contributed by atoms with Crippen molar-refractivity contribution in [3.63, 3.8) is 0 Å². The minimum absolute atomic E-state index is 1.05. The zero-order chi connectivity index (χ0) is 9.42. The molecule has 2 rings (SSSR count). The molecule has 1 aromatic heterocycles. The Balaban J connectivity index is 2.80. The summed E-state index contributed by atoms with van der Waals surface area (Å²) in [6, 6.07) is 6.48. The molecular weight excluding hydrogens is 216 g/mol. The number of thiophene rings is 1. The van der Waals surface area contributed by atoms with Crippen LogP contribution in [0.1, 0.15) is 4.88 Å². The fourth-order valence-electron chi connectivity index (χ4n) is 1.39. The predicted molar refractivity (Wildman–Crippen MR) is 65.6 cm³/mol. The number of aryl methyl sites for hydroxylation is 1. The summed E-state index contributed by atoms with van der Waals surface area (Å²) in [6.45, 7) is 2.15. The van der Waals surface area contributed by atoms with Gasteiger partial charge in [-0.25, -0.2) is 0 Å². The first-order valence-electron chi connectivity index (χ1n) is 3.98. The molecule has 0 aliphatic carbocycles. The van der Waals surface area contributed by atoms with Gasteiger partial charge in [0.05, 0.1) is 0 Å². The number of rotatable bonds is 1. The summed E-state index contributed by atoms with van der Waals surface area (Å²) >= 11 is 8.03. The van der Waals surface area contributed by atoms with E-state index in [1.807, 2.05) is 11.3 Å². The van der Waals surface area contributed by atoms with Gasteiger partial charge in [-0.05, 0) is 36.8 Å². The van der Waals surface area contributed by atoms with Crippen LogP contribution in [0.25, 0.3) is 10.1 Å². The van der Waals surface area contributed by atoms with Gasteiger partial charge in [0.15, 0.2) is 0 Å². The summed E-state index contributed by atoms with van der Waals surface area (Å²) in [6.07, 6.45) is 2.11. The van der Waals surface area contributed by atoms with Gasteiger partial charge < -0.3 is 0 Å². The Morgan fingerprint density at radius 1 is 1.31 bits per heavy atom. The molecule has 0 saturated carbocycles. The Kier molecular flexibility index (Phi) is 2.58. The quantitative estimate of drug-likeness (QED) is 0.561. The van der Waals surface area contributed by atoms with Crippen molar-refractivity contribution in [3.8, 4) is 0 Å². The van der Waals surface area contributed by atoms with Gasteiger partial charge in [-0.15, -0.1) is 35.7 Å². The summed E-state index contributed by atoms with van der Waals surface area (Å²) in [5, 5.41) is 1.32. The highest BCUT2D eigenvalue weighted by Gasteiger charge is 2.04. The van der Waals surface area contributed by atoms with Crippen LogP contribution in [0.15, 0.2) is 28.0 Å². The van der Waals surface area contributed by atoms with E-state index >= 15 is 0 Å². The van der Waals surface area contributed by atoms with Crippen LogP contribution in [-0.2, 0) is 0 Å². The molecule has 0 bridgehead atoms. The molecule has 0 fully saturated rings. The van der Waals surface area contributed by atoms with Crippen molar-refractivity contribution in [2.75, 3.05) is 6.26 Å². The first-order chi connectivity index (χ1) is 6.20. The van der Waals surface area contributed by atoms with E-state index < -0.39 is 0 Å². The minimum Gasteiger partial charge on any atom is -0.143 e. The SMILES string of the molecule is CSc1cc(S)cc2cc(C)sc12. The largest absolute Gasteiger partial charge is 0.143 e. The molecule has 0 aliphatic heterocycles. The van der Waals surface area contributed by atoms with Crippen molar-refractivity contribution in [1.29, 1.82) is 0 Å². The fraction of sp³-hybridized carbons (Fsp3) is 0.200. The van der Waals surface area contributed by atoms with Crippen LogP contribution >= 0.6 is 35.7 Å². The van der Waals surface area contributed by atoms with E-state index in [2.05, 4.69) is 44.0 Å². The van der Waals surface area contributed by atoms with Crippen LogP contribution in [0.3, 0.4) is 0 Å². The van der Waals surface area contributed by atoms with E-state index in [-0.39, 0.29) is 0 Å². The summed E-state index contributed by atoms with van der Waals surface area (Å²) in [4.78, 5) is 3.75. The third kappa shape index (κ3) is 1.73. The van der Waals surface area contributed by atoms with Gasteiger partial charge >= 0.3 is 0 Å². The second-order valence-corrected chi connectivity index (χ2v) is 5.54. The highest BCUT2D eigenvalue weighted by molar-refractivity contribution is 7.99. The number of thioether (sulfide) groups is 1. The number of fused-ring (bicyclic) bond motifs is 1. The first-order valence-corrected chi connectivity index (χ1v) is 6.46. The molecule has 13 heavy (non-hydrogen) atoms. The van der Waals surface area contributed by atoms with E-state index in [4.69, 9.17) is 0 Å². The maximum Gasteiger partial charge on any atom is 0.0482 e. The van der Waals surface area contributed by atoms with Gasteiger partial charge in [0.1, 0.15) is 0 Å². The molecule has 1 aromatic carbocycles. The average molecular weight is 226 g/mol. The second-order valence-electron chi connectivity index (χ2n) is 2.92. The molecule has 0 radical (unpaired) electrons. The molecular formula is C10H10S3. The number of thiol groups is 1. The average Bonchev–Trinajstić information content (AvgIpc) is 2.43. The van der Waals surface area contributed by atoms with Gasteiger partial charge in [0, 0.05) is 19.4 Å². The first kappa shape index (κ1) is 9.44. The fourth-order valence-corrected chi connectivity index (χ4v) is 3.57. The lowest BCUT2D eigenvalue weighted by Gasteiger charge is -1.99. The van der Waals surface area contributed by atoms with E-state index in [0.717, 1.165) is 4.90 Å². The molecule has 0 atom stereocenters. The van der Waals surface area contributed by atoms with Crippen molar-refractivity contribution >= 4 is 45.8 Å². The van der Waals surface area contributed by atoms with Crippen molar-refractivity contribution in [2.45, 2.75) is 16.7 Å². The van der Waals surface area contributed by atoms with E-state index in [0.29, 0.717) is 0 Å². The molecule has 0 saturated heterocycles. The normalized spacial score (nSPS) is 11.0. The van der Waals surface area contributed by atoms with E-state index in [1.165, 1.54) is 19.9 Å². The third-order valence-corrected chi connectivity index (χ3v) is 4.16. The Morgan fingerprint density at radius 3 is 2.77 bits per heavy atom. The number of hydrogen-bond donors (Lipinski definition) is 1. The smallest absolute Gasteiger partial charge is 0.0482 e. The summed E-state index contributed by atoms with van der Waals surface area (Å²) in [7, 11) is 0. The highest BCUT2D eigenvalue weighted by atomic mass is 32.2. The Labute approximate surface area is 91.8 Å². The number of hydrogen-bond acceptors (Lipinski definition) is 3. The zero-order valence-corrected chi connectivity index (χ0v) is 10.0. The Morgan fingerprint density at radius 2 is 2.08 bits per heavy atom. The molecule has 3 heteroatoms. The van der Waals surface area contributed by atoms with Crippen molar-refractivity contribution in [1.82, 2.24) is 0 Å². The van der Waals surface area contributed by atoms with Crippen LogP contribution in [0, 0.1) is 6.92 Å². The van der Waals surface area contributed by atoms with Gasteiger partial charge in [-0.2, -0.15) is 0 Å². The van der Waals surface area contributed by atoms with E-state index in [9.17, 15) is 0 Å². The molecule has 2 aromatic rings. The maximum atomic E-state index is 4.38. The molecule has 68 valence electrons. The van der Waals surface area contributed by atoms with Crippen LogP contribution in [0.5, 0.6) is 0 Å². The third-order valence-electron chi connectivity index (χ3n) is 1.91. The van der Waals surface area contributed by atoms with Crippen molar-refractivity contribution in [3.05, 3.63) is 23.1 Å². The predicted octanol–water partition coefficient (Wildman–Crippen LogP) is 4.22. The molecule has 0 aliphatic rings. The van der Waals surface area contributed by atoms with Gasteiger partial charge in [0.25, 0.3) is 0 Å². The van der Waals surface area contributed by atoms with E-state index in [1.54, 1.807) is 11.8 Å². The van der Waals surface area contributed by atoms with Crippen LogP contribution in [-0.4, -0.2) is 6.26 Å². The summed E-state index contributed by atoms with van der Waals surface area (Å²) in [5.41, 5.74) is 0. The van der Waals surface area contributed by atoms with Crippen LogP contribution in [0.2, 0.25) is 0 Å². The highest BCUT2D eigenvalue weighted by Crippen LogP contribution is 2.35. The Hall–Kier alpha value is -0.120. The van der Waals surface area contributed by atoms with Crippen LogP contribution < -0.4 is 0 Å². The van der Waals surface area contributed by atoms with Crippen LogP contribution in [0.4, 0.5) is 0 Å². The number of benzene rings is 1. The van der Waals surface area contributed by atoms with Crippen molar-refractivity contribution in [2.24, 2.45) is 0 Å². The lowest BCUT2D eigenvalue weighted by atomic mass is 10.2. The molecule has 0 amide bonds. The summed E-state index contributed by atoms with van der Waals surface area (Å²) in [5.74, 6) is 0. The lowest BCUT2D eigenvalue weighted by Crippen LogP contribution is -1.71. The van der Waals surface area contributed by atoms with Gasteiger partial charge in [-0.1, -0.05) is 0 Å². The molecule has 0 nitrogen and oxygen atoms in total. The zero-order valence-electron chi connectivity index (χ0n) is 7.50. The monoisotopic (exact) mass is 226 g/mol. The lowest BCUT2D eigenvalue weighted by molar-refractivity contribution is 1.42. The maximum absolute atomic E-state index is 4.38.